The molecule has 214 valence electrons. The first-order chi connectivity index (χ1) is 20.2. The molecule has 5 aromatic rings. The van der Waals surface area contributed by atoms with Gasteiger partial charge in [-0.2, -0.15) is 0 Å². The van der Waals surface area contributed by atoms with Crippen molar-refractivity contribution in [2.75, 3.05) is 13.1 Å². The molecule has 4 heterocycles. The minimum atomic E-state index is -0.509. The number of piperidine rings is 1. The van der Waals surface area contributed by atoms with Gasteiger partial charge >= 0.3 is 6.09 Å². The Labute approximate surface area is 244 Å². The van der Waals surface area contributed by atoms with Gasteiger partial charge in [0, 0.05) is 42.2 Å². The van der Waals surface area contributed by atoms with Gasteiger partial charge in [-0.15, -0.1) is 5.10 Å². The van der Waals surface area contributed by atoms with E-state index in [0.29, 0.717) is 37.3 Å². The average Bonchev–Trinajstić information content (AvgIpc) is 3.38. The number of Topliss-reactive ketones (excluding diaryl/α,β-unsaturated/α-hetero) is 1. The number of fused-ring (bicyclic) bond motifs is 2. The molecule has 9 heteroatoms. The summed E-state index contributed by atoms with van der Waals surface area (Å²) in [6.45, 7) is 7.38. The minimum absolute atomic E-state index is 0.119. The zero-order chi connectivity index (χ0) is 29.3. The molecule has 1 aliphatic rings. The molecule has 0 N–H and O–H groups in total. The highest BCUT2D eigenvalue weighted by Gasteiger charge is 2.28. The Morgan fingerprint density at radius 3 is 2.48 bits per heavy atom. The monoisotopic (exact) mass is 562 g/mol. The summed E-state index contributed by atoms with van der Waals surface area (Å²) in [5, 5.41) is 9.72. The molecule has 6 rings (SSSR count). The maximum Gasteiger partial charge on any atom is 0.410 e. The second-order valence-electron chi connectivity index (χ2n) is 11.9. The first kappa shape index (κ1) is 27.5. The van der Waals surface area contributed by atoms with Crippen LogP contribution in [0.5, 0.6) is 0 Å². The number of aromatic nitrogens is 5. The summed E-state index contributed by atoms with van der Waals surface area (Å²) in [4.78, 5) is 36.4. The van der Waals surface area contributed by atoms with Crippen LogP contribution < -0.4 is 0 Å². The number of hydrogen-bond acceptors (Lipinski definition) is 7. The molecule has 3 aromatic heterocycles. The van der Waals surface area contributed by atoms with E-state index in [2.05, 4.69) is 21.4 Å². The molecule has 0 saturated carbocycles. The van der Waals surface area contributed by atoms with Crippen molar-refractivity contribution in [3.8, 4) is 11.3 Å². The maximum atomic E-state index is 13.1. The molecule has 0 atom stereocenters. The normalized spacial score (nSPS) is 14.4. The molecule has 0 aliphatic carbocycles. The van der Waals surface area contributed by atoms with Gasteiger partial charge in [0.2, 0.25) is 0 Å². The zero-order valence-corrected chi connectivity index (χ0v) is 24.2. The van der Waals surface area contributed by atoms with Crippen molar-refractivity contribution in [2.45, 2.75) is 52.2 Å². The largest absolute Gasteiger partial charge is 0.444 e. The van der Waals surface area contributed by atoms with Crippen LogP contribution in [0.3, 0.4) is 0 Å². The third-order valence-electron chi connectivity index (χ3n) is 7.60. The van der Waals surface area contributed by atoms with Crippen LogP contribution in [0.2, 0.25) is 0 Å². The topological polar surface area (TPSA) is 103 Å². The summed E-state index contributed by atoms with van der Waals surface area (Å²) in [7, 11) is 0. The number of nitrogens with zero attached hydrogens (tertiary/aromatic N) is 6. The smallest absolute Gasteiger partial charge is 0.410 e. The van der Waals surface area contributed by atoms with Crippen molar-refractivity contribution in [3.63, 3.8) is 0 Å². The summed E-state index contributed by atoms with van der Waals surface area (Å²) < 4.78 is 7.29. The van der Waals surface area contributed by atoms with E-state index in [-0.39, 0.29) is 17.8 Å². The van der Waals surface area contributed by atoms with Gasteiger partial charge in [-0.1, -0.05) is 41.6 Å². The third kappa shape index (κ3) is 6.15. The zero-order valence-electron chi connectivity index (χ0n) is 24.2. The van der Waals surface area contributed by atoms with Gasteiger partial charge in [-0.25, -0.2) is 14.5 Å². The van der Waals surface area contributed by atoms with Crippen LogP contribution >= 0.6 is 0 Å². The molecule has 0 spiro atoms. The number of ketones is 1. The van der Waals surface area contributed by atoms with Crippen molar-refractivity contribution in [1.82, 2.24) is 29.9 Å². The minimum Gasteiger partial charge on any atom is -0.444 e. The molecule has 2 aromatic carbocycles. The Balaban J connectivity index is 1.10. The highest BCUT2D eigenvalue weighted by atomic mass is 16.6. The number of carbonyl (C=O) groups excluding carboxylic acids is 2. The highest BCUT2D eigenvalue weighted by molar-refractivity contribution is 5.96. The number of amides is 1. The van der Waals surface area contributed by atoms with E-state index >= 15 is 0 Å². The van der Waals surface area contributed by atoms with Gasteiger partial charge in [0.15, 0.2) is 11.4 Å². The SMILES string of the molecule is CC(C)(C)OC(=O)N1CCC(CC(=O)c2ccc(-c3ccc4nnn(Cc5ccc6ncccc6c5)c4n3)cc2)CC1. The molecule has 1 saturated heterocycles. The fraction of sp³-hybridized carbons (Fsp3) is 0.333. The summed E-state index contributed by atoms with van der Waals surface area (Å²) in [6.07, 6.45) is 3.58. The Hall–Kier alpha value is -4.66. The molecule has 1 fully saturated rings. The second kappa shape index (κ2) is 11.3. The van der Waals surface area contributed by atoms with Gasteiger partial charge in [-0.05, 0) is 75.4 Å². The Morgan fingerprint density at radius 2 is 1.71 bits per heavy atom. The molecular weight excluding hydrogens is 528 g/mol. The van der Waals surface area contributed by atoms with Crippen molar-refractivity contribution in [2.24, 2.45) is 5.92 Å². The lowest BCUT2D eigenvalue weighted by Gasteiger charge is -2.33. The van der Waals surface area contributed by atoms with Crippen LogP contribution in [0.15, 0.2) is 72.9 Å². The summed E-state index contributed by atoms with van der Waals surface area (Å²) in [5.74, 6) is 0.375. The first-order valence-corrected chi connectivity index (χ1v) is 14.4. The Kier molecular flexibility index (Phi) is 7.41. The van der Waals surface area contributed by atoms with E-state index in [0.717, 1.165) is 46.1 Å². The van der Waals surface area contributed by atoms with Crippen LogP contribution in [-0.2, 0) is 11.3 Å². The lowest BCUT2D eigenvalue weighted by molar-refractivity contribution is 0.0183. The predicted molar refractivity (Wildman–Crippen MR) is 161 cm³/mol. The number of carbonyl (C=O) groups is 2. The van der Waals surface area contributed by atoms with Gasteiger partial charge in [-0.3, -0.25) is 9.78 Å². The number of benzene rings is 2. The quantitative estimate of drug-likeness (QED) is 0.223. The van der Waals surface area contributed by atoms with Crippen LogP contribution in [0.4, 0.5) is 4.79 Å². The van der Waals surface area contributed by atoms with Crippen LogP contribution in [0.1, 0.15) is 56.0 Å². The molecule has 42 heavy (non-hydrogen) atoms. The van der Waals surface area contributed by atoms with E-state index in [9.17, 15) is 9.59 Å². The van der Waals surface area contributed by atoms with E-state index in [1.807, 2.05) is 86.1 Å². The number of hydrogen-bond donors (Lipinski definition) is 0. The number of pyridine rings is 2. The average molecular weight is 563 g/mol. The van der Waals surface area contributed by atoms with Crippen molar-refractivity contribution in [3.05, 3.63) is 84.1 Å². The third-order valence-corrected chi connectivity index (χ3v) is 7.60. The molecular formula is C33H34N6O3. The number of rotatable bonds is 6. The fourth-order valence-electron chi connectivity index (χ4n) is 5.37. The van der Waals surface area contributed by atoms with E-state index in [1.54, 1.807) is 11.1 Å². The molecule has 1 amide bonds. The van der Waals surface area contributed by atoms with Crippen molar-refractivity contribution in [1.29, 1.82) is 0 Å². The van der Waals surface area contributed by atoms with Crippen LogP contribution in [-0.4, -0.2) is 60.4 Å². The lowest BCUT2D eigenvalue weighted by Crippen LogP contribution is -2.42. The molecule has 0 bridgehead atoms. The Bertz CT molecular complexity index is 1750. The van der Waals surface area contributed by atoms with Crippen LogP contribution in [0, 0.1) is 5.92 Å². The van der Waals surface area contributed by atoms with E-state index in [1.165, 1.54) is 0 Å². The van der Waals surface area contributed by atoms with Gasteiger partial charge < -0.3 is 9.64 Å². The fourth-order valence-corrected chi connectivity index (χ4v) is 5.37. The first-order valence-electron chi connectivity index (χ1n) is 14.4. The van der Waals surface area contributed by atoms with E-state index in [4.69, 9.17) is 9.72 Å². The predicted octanol–water partition coefficient (Wildman–Crippen LogP) is 6.31. The maximum absolute atomic E-state index is 13.1. The van der Waals surface area contributed by atoms with Gasteiger partial charge in [0.1, 0.15) is 11.1 Å². The number of ether oxygens (including phenoxy) is 1. The number of likely N-dealkylation sites (tertiary alicyclic amines) is 1. The van der Waals surface area contributed by atoms with Crippen molar-refractivity contribution >= 4 is 33.9 Å². The summed E-state index contributed by atoms with van der Waals surface area (Å²) >= 11 is 0. The second-order valence-corrected chi connectivity index (χ2v) is 11.9. The van der Waals surface area contributed by atoms with Crippen molar-refractivity contribution < 1.29 is 14.3 Å². The molecule has 1 aliphatic heterocycles. The van der Waals surface area contributed by atoms with Gasteiger partial charge in [0.05, 0.1) is 17.8 Å². The summed E-state index contributed by atoms with van der Waals surface area (Å²) in [6, 6.07) is 21.6. The Morgan fingerprint density at radius 1 is 0.952 bits per heavy atom. The molecule has 0 unspecified atom stereocenters. The molecule has 0 radical (unpaired) electrons. The molecule has 9 nitrogen and oxygen atoms in total. The van der Waals surface area contributed by atoms with Crippen LogP contribution in [0.25, 0.3) is 33.3 Å². The standard InChI is InChI=1S/C33H34N6O3/c1-33(2,3)42-32(41)38-17-14-22(15-18-38)20-30(40)25-9-7-24(8-10-25)28-12-13-29-31(35-28)39(37-36-29)21-23-6-11-27-26(19-23)5-4-16-34-27/h4-13,16,19,22H,14-15,17-18,20-21H2,1-3H3. The highest BCUT2D eigenvalue weighted by Crippen LogP contribution is 2.26. The summed E-state index contributed by atoms with van der Waals surface area (Å²) in [5.41, 5.74) is 5.37. The van der Waals surface area contributed by atoms with Gasteiger partial charge in [0.25, 0.3) is 0 Å². The van der Waals surface area contributed by atoms with E-state index < -0.39 is 5.60 Å². The lowest BCUT2D eigenvalue weighted by atomic mass is 9.89.